The Hall–Kier alpha value is -3.19. The maximum absolute atomic E-state index is 13.1. The van der Waals surface area contributed by atoms with Crippen molar-refractivity contribution in [1.29, 1.82) is 0 Å². The Labute approximate surface area is 198 Å². The Morgan fingerprint density at radius 3 is 2.15 bits per heavy atom. The lowest BCUT2D eigenvalue weighted by atomic mass is 10.1. The van der Waals surface area contributed by atoms with Crippen LogP contribution in [0.2, 0.25) is 5.02 Å². The van der Waals surface area contributed by atoms with Gasteiger partial charge in [-0.3, -0.25) is 9.10 Å². The number of benzene rings is 2. The highest BCUT2D eigenvalue weighted by Crippen LogP contribution is 2.37. The second kappa shape index (κ2) is 10.4. The first-order valence-corrected chi connectivity index (χ1v) is 11.4. The number of carbonyl (C=O) groups excluding carboxylic acids is 2. The number of amides is 1. The van der Waals surface area contributed by atoms with Crippen molar-refractivity contribution < 1.29 is 45.4 Å². The fourth-order valence-corrected chi connectivity index (χ4v) is 3.97. The standard InChI is InChI=1S/C20H20ClF3N2O7S/c1-31-16-8-12(19(28)33-3)14(9-17(16)32-2)25-18(27)10-26(34(4,29)30)15-7-11(20(22,23)24)5-6-13(15)21/h5-9H,10H2,1-4H3,(H,25,27). The second-order valence-electron chi connectivity index (χ2n) is 6.73. The number of esters is 1. The number of sulfonamides is 1. The Morgan fingerprint density at radius 1 is 1.06 bits per heavy atom. The number of nitrogens with zero attached hydrogens (tertiary/aromatic N) is 1. The minimum Gasteiger partial charge on any atom is -0.493 e. The maximum Gasteiger partial charge on any atom is 0.416 e. The van der Waals surface area contributed by atoms with E-state index in [1.807, 2.05) is 0 Å². The molecule has 0 unspecified atom stereocenters. The predicted octanol–water partition coefficient (Wildman–Crippen LogP) is 3.57. The molecule has 0 bridgehead atoms. The normalized spacial score (nSPS) is 11.5. The third-order valence-corrected chi connectivity index (χ3v) is 5.88. The van der Waals surface area contributed by atoms with Crippen molar-refractivity contribution in [3.63, 3.8) is 0 Å². The number of ether oxygens (including phenoxy) is 3. The monoisotopic (exact) mass is 524 g/mol. The Balaban J connectivity index is 2.48. The molecule has 0 atom stereocenters. The van der Waals surface area contributed by atoms with Gasteiger partial charge in [-0.15, -0.1) is 0 Å². The van der Waals surface area contributed by atoms with Gasteiger partial charge in [-0.25, -0.2) is 13.2 Å². The molecule has 2 aromatic carbocycles. The molecule has 0 saturated heterocycles. The van der Waals surface area contributed by atoms with Gasteiger partial charge in [0.15, 0.2) is 11.5 Å². The lowest BCUT2D eigenvalue weighted by Crippen LogP contribution is -2.38. The van der Waals surface area contributed by atoms with Crippen LogP contribution in [-0.2, 0) is 25.7 Å². The van der Waals surface area contributed by atoms with Crippen LogP contribution in [0.3, 0.4) is 0 Å². The van der Waals surface area contributed by atoms with Gasteiger partial charge in [-0.2, -0.15) is 13.2 Å². The van der Waals surface area contributed by atoms with Crippen molar-refractivity contribution in [2.24, 2.45) is 0 Å². The number of nitrogens with one attached hydrogen (secondary N) is 1. The molecule has 2 aromatic rings. The number of alkyl halides is 3. The van der Waals surface area contributed by atoms with E-state index in [0.717, 1.165) is 13.2 Å². The van der Waals surface area contributed by atoms with Crippen LogP contribution in [0, 0.1) is 0 Å². The van der Waals surface area contributed by atoms with Crippen LogP contribution >= 0.6 is 11.6 Å². The summed E-state index contributed by atoms with van der Waals surface area (Å²) in [5.41, 5.74) is -1.96. The summed E-state index contributed by atoms with van der Waals surface area (Å²) in [6, 6.07) is 4.55. The summed E-state index contributed by atoms with van der Waals surface area (Å²) in [5, 5.41) is 2.02. The van der Waals surface area contributed by atoms with E-state index in [0.29, 0.717) is 22.7 Å². The van der Waals surface area contributed by atoms with Crippen molar-refractivity contribution in [2.45, 2.75) is 6.18 Å². The van der Waals surface area contributed by atoms with Crippen molar-refractivity contribution in [3.8, 4) is 11.5 Å². The van der Waals surface area contributed by atoms with Crippen LogP contribution in [0.5, 0.6) is 11.5 Å². The van der Waals surface area contributed by atoms with E-state index in [9.17, 15) is 31.2 Å². The molecule has 0 aliphatic rings. The molecule has 0 heterocycles. The maximum atomic E-state index is 13.1. The Morgan fingerprint density at radius 2 is 1.65 bits per heavy atom. The van der Waals surface area contributed by atoms with E-state index in [2.05, 4.69) is 10.1 Å². The van der Waals surface area contributed by atoms with Crippen LogP contribution in [0.4, 0.5) is 24.5 Å². The third kappa shape index (κ3) is 6.23. The van der Waals surface area contributed by atoms with Crippen molar-refractivity contribution >= 4 is 44.9 Å². The van der Waals surface area contributed by atoms with E-state index in [1.54, 1.807) is 0 Å². The van der Waals surface area contributed by atoms with Gasteiger partial charge in [0, 0.05) is 12.1 Å². The second-order valence-corrected chi connectivity index (χ2v) is 9.04. The molecule has 186 valence electrons. The van der Waals surface area contributed by atoms with Crippen LogP contribution in [0.25, 0.3) is 0 Å². The lowest BCUT2D eigenvalue weighted by Gasteiger charge is -2.24. The molecule has 0 aliphatic heterocycles. The number of hydrogen-bond donors (Lipinski definition) is 1. The third-order valence-electron chi connectivity index (χ3n) is 4.43. The number of rotatable bonds is 8. The molecule has 0 saturated carbocycles. The summed E-state index contributed by atoms with van der Waals surface area (Å²) < 4.78 is 79.4. The van der Waals surface area contributed by atoms with Gasteiger partial charge in [0.1, 0.15) is 6.54 Å². The minimum absolute atomic E-state index is 0.113. The summed E-state index contributed by atoms with van der Waals surface area (Å²) in [7, 11) is -0.530. The van der Waals surface area contributed by atoms with Crippen LogP contribution in [0.15, 0.2) is 30.3 Å². The average Bonchev–Trinajstić information content (AvgIpc) is 2.75. The molecule has 0 aromatic heterocycles. The van der Waals surface area contributed by atoms with Gasteiger partial charge in [-0.1, -0.05) is 11.6 Å². The van der Waals surface area contributed by atoms with E-state index in [1.165, 1.54) is 26.4 Å². The smallest absolute Gasteiger partial charge is 0.416 e. The molecule has 0 aliphatic carbocycles. The zero-order valence-corrected chi connectivity index (χ0v) is 19.9. The number of methoxy groups -OCH3 is 3. The van der Waals surface area contributed by atoms with E-state index in [4.69, 9.17) is 21.1 Å². The fraction of sp³-hybridized carbons (Fsp3) is 0.300. The Bertz CT molecular complexity index is 1200. The quantitative estimate of drug-likeness (QED) is 0.525. The van der Waals surface area contributed by atoms with Crippen LogP contribution in [-0.4, -0.2) is 54.4 Å². The molecule has 1 amide bonds. The van der Waals surface area contributed by atoms with Gasteiger partial charge >= 0.3 is 12.1 Å². The zero-order chi connectivity index (χ0) is 25.8. The molecule has 34 heavy (non-hydrogen) atoms. The molecular formula is C20H20ClF3N2O7S. The molecule has 9 nitrogen and oxygen atoms in total. The van der Waals surface area contributed by atoms with Gasteiger partial charge < -0.3 is 19.5 Å². The summed E-state index contributed by atoms with van der Waals surface area (Å²) in [6.07, 6.45) is -4.08. The van der Waals surface area contributed by atoms with Gasteiger partial charge in [0.05, 0.1) is 55.1 Å². The molecule has 0 radical (unpaired) electrons. The Kier molecular flexibility index (Phi) is 8.26. The van der Waals surface area contributed by atoms with Gasteiger partial charge in [0.25, 0.3) is 0 Å². The van der Waals surface area contributed by atoms with Gasteiger partial charge in [0.2, 0.25) is 15.9 Å². The zero-order valence-electron chi connectivity index (χ0n) is 18.3. The predicted molar refractivity (Wildman–Crippen MR) is 118 cm³/mol. The molecular weight excluding hydrogens is 505 g/mol. The first kappa shape index (κ1) is 27.1. The minimum atomic E-state index is -4.78. The molecule has 0 spiro atoms. The summed E-state index contributed by atoms with van der Waals surface area (Å²) in [6.45, 7) is -0.950. The SMILES string of the molecule is COC(=O)c1cc(OC)c(OC)cc1NC(=O)CN(c1cc(C(F)(F)F)ccc1Cl)S(C)(=O)=O. The number of hydrogen-bond acceptors (Lipinski definition) is 7. The fourth-order valence-electron chi connectivity index (χ4n) is 2.84. The summed E-state index contributed by atoms with van der Waals surface area (Å²) in [4.78, 5) is 24.9. The largest absolute Gasteiger partial charge is 0.493 e. The number of anilines is 2. The van der Waals surface area contributed by atoms with Crippen LogP contribution in [0.1, 0.15) is 15.9 Å². The number of carbonyl (C=O) groups is 2. The van der Waals surface area contributed by atoms with E-state index >= 15 is 0 Å². The molecule has 14 heteroatoms. The van der Waals surface area contributed by atoms with Crippen LogP contribution < -0.4 is 19.1 Å². The van der Waals surface area contributed by atoms with E-state index in [-0.39, 0.29) is 27.8 Å². The highest BCUT2D eigenvalue weighted by atomic mass is 35.5. The number of halogens is 4. The highest BCUT2D eigenvalue weighted by molar-refractivity contribution is 7.92. The highest BCUT2D eigenvalue weighted by Gasteiger charge is 2.33. The van der Waals surface area contributed by atoms with Crippen molar-refractivity contribution in [3.05, 3.63) is 46.5 Å². The topological polar surface area (TPSA) is 111 Å². The van der Waals surface area contributed by atoms with Crippen molar-refractivity contribution in [1.82, 2.24) is 0 Å². The van der Waals surface area contributed by atoms with Crippen molar-refractivity contribution in [2.75, 3.05) is 43.8 Å². The first-order valence-electron chi connectivity index (χ1n) is 9.21. The average molecular weight is 525 g/mol. The molecule has 2 rings (SSSR count). The molecule has 0 fully saturated rings. The summed E-state index contributed by atoms with van der Waals surface area (Å²) >= 11 is 5.95. The lowest BCUT2D eigenvalue weighted by molar-refractivity contribution is -0.137. The summed E-state index contributed by atoms with van der Waals surface area (Å²) in [5.74, 6) is -1.56. The van der Waals surface area contributed by atoms with E-state index < -0.39 is 45.9 Å². The van der Waals surface area contributed by atoms with Gasteiger partial charge in [-0.05, 0) is 18.2 Å². The first-order chi connectivity index (χ1) is 15.7. The molecule has 1 N–H and O–H groups in total.